The largest absolute Gasteiger partial charge is 0.399 e. The molecule has 2 rings (SSSR count). The number of anilines is 1. The van der Waals surface area contributed by atoms with Gasteiger partial charge in [-0.2, -0.15) is 18.2 Å². The quantitative estimate of drug-likeness (QED) is 0.871. The molecule has 1 aromatic carbocycles. The number of nitrogens with two attached hydrogens (primary N) is 1. The van der Waals surface area contributed by atoms with Crippen LogP contribution in [0, 0.1) is 6.92 Å². The number of nitrogens with zero attached hydrogens (tertiary/aromatic N) is 2. The van der Waals surface area contributed by atoms with E-state index in [1.54, 1.807) is 18.2 Å². The van der Waals surface area contributed by atoms with Gasteiger partial charge in [-0.25, -0.2) is 0 Å². The first-order valence-corrected chi connectivity index (χ1v) is 5.61. The van der Waals surface area contributed by atoms with Gasteiger partial charge in [0.1, 0.15) is 0 Å². The Morgan fingerprint density at radius 2 is 2.05 bits per heavy atom. The van der Waals surface area contributed by atoms with Crippen molar-refractivity contribution in [3.05, 3.63) is 29.6 Å². The number of rotatable bonds is 3. The molecule has 0 atom stereocenters. The van der Waals surface area contributed by atoms with Gasteiger partial charge in [0, 0.05) is 17.7 Å². The summed E-state index contributed by atoms with van der Waals surface area (Å²) < 4.78 is 41.1. The van der Waals surface area contributed by atoms with Gasteiger partial charge < -0.3 is 10.3 Å². The second kappa shape index (κ2) is 4.91. The average molecular weight is 271 g/mol. The highest BCUT2D eigenvalue weighted by Crippen LogP contribution is 2.24. The van der Waals surface area contributed by atoms with E-state index in [-0.39, 0.29) is 18.1 Å². The fourth-order valence-corrected chi connectivity index (χ4v) is 1.54. The van der Waals surface area contributed by atoms with Crippen molar-refractivity contribution < 1.29 is 17.7 Å². The Balaban J connectivity index is 2.14. The molecule has 19 heavy (non-hydrogen) atoms. The Hall–Kier alpha value is -2.05. The molecule has 0 bridgehead atoms. The van der Waals surface area contributed by atoms with Crippen LogP contribution in [0.4, 0.5) is 18.9 Å². The summed E-state index contributed by atoms with van der Waals surface area (Å²) >= 11 is 0. The van der Waals surface area contributed by atoms with Crippen LogP contribution in [0.15, 0.2) is 22.7 Å². The second-order valence-corrected chi connectivity index (χ2v) is 4.20. The average Bonchev–Trinajstić information content (AvgIpc) is 2.78. The van der Waals surface area contributed by atoms with Gasteiger partial charge in [-0.1, -0.05) is 5.16 Å². The molecule has 0 saturated carbocycles. The minimum absolute atomic E-state index is 0.0433. The van der Waals surface area contributed by atoms with Crippen LogP contribution in [-0.4, -0.2) is 16.3 Å². The molecule has 2 N–H and O–H groups in total. The lowest BCUT2D eigenvalue weighted by molar-refractivity contribution is -0.134. The van der Waals surface area contributed by atoms with Crippen molar-refractivity contribution in [3.8, 4) is 11.5 Å². The molecule has 1 aromatic heterocycles. The van der Waals surface area contributed by atoms with Gasteiger partial charge in [-0.15, -0.1) is 0 Å². The maximum atomic E-state index is 12.1. The third-order valence-electron chi connectivity index (χ3n) is 2.62. The van der Waals surface area contributed by atoms with Gasteiger partial charge in [-0.3, -0.25) is 0 Å². The van der Waals surface area contributed by atoms with Gasteiger partial charge in [0.05, 0.1) is 6.42 Å². The molecule has 0 amide bonds. The maximum absolute atomic E-state index is 12.1. The van der Waals surface area contributed by atoms with E-state index >= 15 is 0 Å². The summed E-state index contributed by atoms with van der Waals surface area (Å²) in [6, 6.07) is 5.12. The zero-order valence-electron chi connectivity index (χ0n) is 10.2. The molecular formula is C12H12F3N3O. The van der Waals surface area contributed by atoms with E-state index in [1.165, 1.54) is 0 Å². The van der Waals surface area contributed by atoms with Crippen molar-refractivity contribution in [2.45, 2.75) is 25.9 Å². The molecule has 0 unspecified atom stereocenters. The van der Waals surface area contributed by atoms with E-state index in [9.17, 15) is 13.2 Å². The smallest absolute Gasteiger partial charge is 0.389 e. The molecule has 0 radical (unpaired) electrons. The molecule has 4 nitrogen and oxygen atoms in total. The van der Waals surface area contributed by atoms with Crippen LogP contribution in [0.2, 0.25) is 0 Å². The van der Waals surface area contributed by atoms with Crippen LogP contribution >= 0.6 is 0 Å². The van der Waals surface area contributed by atoms with Crippen molar-refractivity contribution in [2.24, 2.45) is 0 Å². The first-order chi connectivity index (χ1) is 8.85. The van der Waals surface area contributed by atoms with Crippen molar-refractivity contribution in [1.82, 2.24) is 10.1 Å². The standard InChI is InChI=1S/C12H12F3N3O/c1-7-6-8(2-3-9(7)16)11-17-10(18-19-11)4-5-12(13,14)15/h2-3,6H,4-5,16H2,1H3. The summed E-state index contributed by atoms with van der Waals surface area (Å²) in [7, 11) is 0. The van der Waals surface area contributed by atoms with Crippen LogP contribution in [0.25, 0.3) is 11.5 Å². The Morgan fingerprint density at radius 1 is 1.32 bits per heavy atom. The molecule has 1 heterocycles. The van der Waals surface area contributed by atoms with Crippen molar-refractivity contribution >= 4 is 5.69 Å². The number of aryl methyl sites for hydroxylation is 2. The molecule has 0 aliphatic carbocycles. The first kappa shape index (κ1) is 13.4. The van der Waals surface area contributed by atoms with Gasteiger partial charge >= 0.3 is 6.18 Å². The first-order valence-electron chi connectivity index (χ1n) is 5.61. The highest BCUT2D eigenvalue weighted by molar-refractivity contribution is 5.60. The van der Waals surface area contributed by atoms with Crippen molar-refractivity contribution in [2.75, 3.05) is 5.73 Å². The van der Waals surface area contributed by atoms with E-state index in [0.717, 1.165) is 5.56 Å². The fraction of sp³-hybridized carbons (Fsp3) is 0.333. The molecule has 102 valence electrons. The summed E-state index contributed by atoms with van der Waals surface area (Å²) in [6.45, 7) is 1.82. The van der Waals surface area contributed by atoms with E-state index in [1.807, 2.05) is 6.92 Å². The minimum atomic E-state index is -4.22. The fourth-order valence-electron chi connectivity index (χ4n) is 1.54. The topological polar surface area (TPSA) is 64.9 Å². The number of alkyl halides is 3. The van der Waals surface area contributed by atoms with Crippen LogP contribution in [-0.2, 0) is 6.42 Å². The lowest BCUT2D eigenvalue weighted by Gasteiger charge is -2.02. The molecule has 0 aliphatic heterocycles. The lowest BCUT2D eigenvalue weighted by Crippen LogP contribution is -2.09. The third-order valence-corrected chi connectivity index (χ3v) is 2.62. The van der Waals surface area contributed by atoms with E-state index in [4.69, 9.17) is 10.3 Å². The Morgan fingerprint density at radius 3 is 2.68 bits per heavy atom. The highest BCUT2D eigenvalue weighted by Gasteiger charge is 2.27. The molecule has 2 aromatic rings. The number of hydrogen-bond acceptors (Lipinski definition) is 4. The maximum Gasteiger partial charge on any atom is 0.389 e. The van der Waals surface area contributed by atoms with Gasteiger partial charge in [0.15, 0.2) is 5.82 Å². The number of benzene rings is 1. The second-order valence-electron chi connectivity index (χ2n) is 4.20. The Labute approximate surface area is 107 Å². The number of halogens is 3. The third kappa shape index (κ3) is 3.46. The lowest BCUT2D eigenvalue weighted by atomic mass is 10.1. The van der Waals surface area contributed by atoms with E-state index < -0.39 is 12.6 Å². The normalized spacial score (nSPS) is 11.8. The van der Waals surface area contributed by atoms with Crippen LogP contribution in [0.1, 0.15) is 17.8 Å². The van der Waals surface area contributed by atoms with Crippen LogP contribution in [0.5, 0.6) is 0 Å². The summed E-state index contributed by atoms with van der Waals surface area (Å²) in [5, 5.41) is 3.53. The molecule has 0 saturated heterocycles. The minimum Gasteiger partial charge on any atom is -0.399 e. The molecule has 0 spiro atoms. The predicted molar refractivity (Wildman–Crippen MR) is 63.3 cm³/mol. The summed E-state index contributed by atoms with van der Waals surface area (Å²) in [5.41, 5.74) is 7.78. The summed E-state index contributed by atoms with van der Waals surface area (Å²) in [5.74, 6) is 0.238. The summed E-state index contributed by atoms with van der Waals surface area (Å²) in [4.78, 5) is 3.94. The Kier molecular flexibility index (Phi) is 3.46. The summed E-state index contributed by atoms with van der Waals surface area (Å²) in [6.07, 6.45) is -5.48. The van der Waals surface area contributed by atoms with Crippen LogP contribution < -0.4 is 5.73 Å². The monoisotopic (exact) mass is 271 g/mol. The zero-order chi connectivity index (χ0) is 14.0. The molecular weight excluding hydrogens is 259 g/mol. The highest BCUT2D eigenvalue weighted by atomic mass is 19.4. The Bertz CT molecular complexity index is 578. The molecule has 7 heteroatoms. The molecule has 0 fully saturated rings. The molecule has 0 aliphatic rings. The van der Waals surface area contributed by atoms with Crippen LogP contribution in [0.3, 0.4) is 0 Å². The SMILES string of the molecule is Cc1cc(-c2nc(CCC(F)(F)F)no2)ccc1N. The number of aromatic nitrogens is 2. The van der Waals surface area contributed by atoms with E-state index in [0.29, 0.717) is 11.3 Å². The number of hydrogen-bond donors (Lipinski definition) is 1. The number of nitrogen functional groups attached to an aromatic ring is 1. The van der Waals surface area contributed by atoms with E-state index in [2.05, 4.69) is 10.1 Å². The van der Waals surface area contributed by atoms with Gasteiger partial charge in [-0.05, 0) is 30.7 Å². The van der Waals surface area contributed by atoms with Gasteiger partial charge in [0.2, 0.25) is 0 Å². The van der Waals surface area contributed by atoms with Crippen molar-refractivity contribution in [1.29, 1.82) is 0 Å². The van der Waals surface area contributed by atoms with Crippen molar-refractivity contribution in [3.63, 3.8) is 0 Å². The predicted octanol–water partition coefficient (Wildman–Crippen LogP) is 3.12. The zero-order valence-corrected chi connectivity index (χ0v) is 10.2. The van der Waals surface area contributed by atoms with Gasteiger partial charge in [0.25, 0.3) is 5.89 Å².